The van der Waals surface area contributed by atoms with Gasteiger partial charge < -0.3 is 20.9 Å². The van der Waals surface area contributed by atoms with Crippen LogP contribution in [-0.4, -0.2) is 58.9 Å². The summed E-state index contributed by atoms with van der Waals surface area (Å²) in [6.07, 6.45) is 2.58. The second kappa shape index (κ2) is 11.0. The van der Waals surface area contributed by atoms with E-state index in [9.17, 15) is 18.8 Å². The summed E-state index contributed by atoms with van der Waals surface area (Å²) >= 11 is 0. The fraction of sp³-hybridized carbons (Fsp3) is 0.483. The lowest BCUT2D eigenvalue weighted by atomic mass is 9.86. The first kappa shape index (κ1) is 26.8. The third-order valence-electron chi connectivity index (χ3n) is 7.35. The van der Waals surface area contributed by atoms with Crippen molar-refractivity contribution in [1.29, 1.82) is 0 Å². The lowest BCUT2D eigenvalue weighted by Crippen LogP contribution is -2.64. The molecule has 0 radical (unpaired) electrons. The molecule has 2 aliphatic rings. The van der Waals surface area contributed by atoms with E-state index in [0.717, 1.165) is 31.2 Å². The van der Waals surface area contributed by atoms with Crippen LogP contribution in [0.25, 0.3) is 0 Å². The van der Waals surface area contributed by atoms with Crippen LogP contribution < -0.4 is 11.1 Å². The molecule has 2 aromatic rings. The van der Waals surface area contributed by atoms with Crippen molar-refractivity contribution >= 4 is 17.7 Å². The second-order valence-electron chi connectivity index (χ2n) is 11.2. The van der Waals surface area contributed by atoms with Crippen molar-refractivity contribution in [3.8, 4) is 0 Å². The SMILES string of the molecule is CC(C)(C)c1ccc(C(=O)N2CCCN(C(=O)c3ccc(F)cc3)C2C(=O)NC2CCC(N)CC2)cc1. The van der Waals surface area contributed by atoms with E-state index in [4.69, 9.17) is 5.73 Å². The minimum atomic E-state index is -1.10. The zero-order valence-corrected chi connectivity index (χ0v) is 21.9. The number of hydrogen-bond donors (Lipinski definition) is 2. The molecule has 0 aromatic heterocycles. The van der Waals surface area contributed by atoms with Gasteiger partial charge in [-0.1, -0.05) is 32.9 Å². The standard InChI is InChI=1S/C29H37FN4O3/c1-29(2,3)21-9-5-19(6-10-21)27(36)33-17-4-18-34(28(37)20-7-11-22(30)12-8-20)26(33)25(35)32-24-15-13-23(31)14-16-24/h5-12,23-24,26H,4,13-18,31H2,1-3H3,(H,32,35). The molecule has 2 fully saturated rings. The summed E-state index contributed by atoms with van der Waals surface area (Å²) < 4.78 is 13.5. The third kappa shape index (κ3) is 6.18. The Morgan fingerprint density at radius 3 is 1.81 bits per heavy atom. The van der Waals surface area contributed by atoms with E-state index in [2.05, 4.69) is 26.1 Å². The summed E-state index contributed by atoms with van der Waals surface area (Å²) in [5, 5.41) is 3.08. The van der Waals surface area contributed by atoms with Crippen LogP contribution in [0.3, 0.4) is 0 Å². The molecule has 1 saturated heterocycles. The Labute approximate surface area is 218 Å². The summed E-state index contributed by atoms with van der Waals surface area (Å²) in [7, 11) is 0. The van der Waals surface area contributed by atoms with E-state index in [0.29, 0.717) is 25.1 Å². The normalized spacial score (nSPS) is 22.5. The number of halogens is 1. The molecule has 198 valence electrons. The summed E-state index contributed by atoms with van der Waals surface area (Å²) in [5.41, 5.74) is 7.80. The first-order valence-corrected chi connectivity index (χ1v) is 13.1. The Morgan fingerprint density at radius 1 is 0.838 bits per heavy atom. The van der Waals surface area contributed by atoms with Crippen molar-refractivity contribution < 1.29 is 18.8 Å². The molecule has 1 unspecified atom stereocenters. The monoisotopic (exact) mass is 508 g/mol. The summed E-state index contributed by atoms with van der Waals surface area (Å²) in [6.45, 7) is 6.97. The van der Waals surface area contributed by atoms with E-state index in [1.807, 2.05) is 12.1 Å². The minimum absolute atomic E-state index is 0.0555. The molecule has 3 N–H and O–H groups in total. The van der Waals surface area contributed by atoms with E-state index in [-0.39, 0.29) is 34.9 Å². The fourth-order valence-electron chi connectivity index (χ4n) is 5.11. The molecule has 0 bridgehead atoms. The van der Waals surface area contributed by atoms with Gasteiger partial charge in [0.2, 0.25) is 0 Å². The number of hydrogen-bond acceptors (Lipinski definition) is 4. The zero-order valence-electron chi connectivity index (χ0n) is 21.9. The Bertz CT molecular complexity index is 1120. The molecule has 0 spiro atoms. The fourth-order valence-corrected chi connectivity index (χ4v) is 5.11. The summed E-state index contributed by atoms with van der Waals surface area (Å²) in [4.78, 5) is 43.8. The number of amides is 3. The van der Waals surface area contributed by atoms with Gasteiger partial charge in [-0.3, -0.25) is 14.4 Å². The average molecular weight is 509 g/mol. The molecular formula is C29H37FN4O3. The molecule has 7 nitrogen and oxygen atoms in total. The predicted molar refractivity (Wildman–Crippen MR) is 140 cm³/mol. The van der Waals surface area contributed by atoms with E-state index >= 15 is 0 Å². The van der Waals surface area contributed by atoms with Crippen LogP contribution >= 0.6 is 0 Å². The maximum Gasteiger partial charge on any atom is 0.264 e. The van der Waals surface area contributed by atoms with Crippen LogP contribution in [0, 0.1) is 5.82 Å². The Kier molecular flexibility index (Phi) is 7.97. The maximum atomic E-state index is 13.7. The van der Waals surface area contributed by atoms with Crippen molar-refractivity contribution in [1.82, 2.24) is 15.1 Å². The van der Waals surface area contributed by atoms with Crippen molar-refractivity contribution in [2.45, 2.75) is 76.5 Å². The highest BCUT2D eigenvalue weighted by Gasteiger charge is 2.41. The smallest absolute Gasteiger partial charge is 0.264 e. The quantitative estimate of drug-likeness (QED) is 0.656. The number of nitrogens with zero attached hydrogens (tertiary/aromatic N) is 2. The van der Waals surface area contributed by atoms with Gasteiger partial charge in [-0.15, -0.1) is 0 Å². The number of carbonyl (C=O) groups excluding carboxylic acids is 3. The molecule has 1 aliphatic carbocycles. The van der Waals surface area contributed by atoms with Gasteiger partial charge in [0, 0.05) is 36.3 Å². The molecule has 37 heavy (non-hydrogen) atoms. The van der Waals surface area contributed by atoms with Crippen molar-refractivity contribution in [3.63, 3.8) is 0 Å². The number of benzene rings is 2. The van der Waals surface area contributed by atoms with Gasteiger partial charge in [0.05, 0.1) is 0 Å². The molecule has 2 aromatic carbocycles. The zero-order chi connectivity index (χ0) is 26.7. The van der Waals surface area contributed by atoms with Crippen LogP contribution in [0.15, 0.2) is 48.5 Å². The molecule has 8 heteroatoms. The van der Waals surface area contributed by atoms with Gasteiger partial charge >= 0.3 is 0 Å². The number of carbonyl (C=O) groups is 3. The van der Waals surface area contributed by atoms with Gasteiger partial charge in [0.1, 0.15) is 5.82 Å². The van der Waals surface area contributed by atoms with Gasteiger partial charge in [0.15, 0.2) is 6.17 Å². The molecular weight excluding hydrogens is 471 g/mol. The Balaban J connectivity index is 1.63. The number of nitrogens with two attached hydrogens (primary N) is 1. The van der Waals surface area contributed by atoms with E-state index < -0.39 is 17.9 Å². The van der Waals surface area contributed by atoms with Crippen LogP contribution in [-0.2, 0) is 10.2 Å². The number of nitrogens with one attached hydrogen (secondary N) is 1. The Morgan fingerprint density at radius 2 is 1.32 bits per heavy atom. The molecule has 1 atom stereocenters. The van der Waals surface area contributed by atoms with Gasteiger partial charge in [-0.05, 0) is 79.5 Å². The van der Waals surface area contributed by atoms with Gasteiger partial charge in [0.25, 0.3) is 17.7 Å². The molecule has 1 saturated carbocycles. The molecule has 1 heterocycles. The van der Waals surface area contributed by atoms with Crippen LogP contribution in [0.5, 0.6) is 0 Å². The molecule has 1 aliphatic heterocycles. The lowest BCUT2D eigenvalue weighted by Gasteiger charge is -2.43. The molecule has 4 rings (SSSR count). The topological polar surface area (TPSA) is 95.7 Å². The average Bonchev–Trinajstić information content (AvgIpc) is 2.88. The highest BCUT2D eigenvalue weighted by Crippen LogP contribution is 2.25. The number of rotatable bonds is 4. The van der Waals surface area contributed by atoms with Gasteiger partial charge in [-0.2, -0.15) is 0 Å². The first-order chi connectivity index (χ1) is 17.5. The maximum absolute atomic E-state index is 13.7. The molecule has 3 amide bonds. The highest BCUT2D eigenvalue weighted by atomic mass is 19.1. The van der Waals surface area contributed by atoms with Crippen molar-refractivity contribution in [3.05, 3.63) is 71.0 Å². The van der Waals surface area contributed by atoms with Crippen LogP contribution in [0.4, 0.5) is 4.39 Å². The Hall–Kier alpha value is -3.26. The highest BCUT2D eigenvalue weighted by molar-refractivity contribution is 6.01. The second-order valence-corrected chi connectivity index (χ2v) is 11.2. The minimum Gasteiger partial charge on any atom is -0.350 e. The van der Waals surface area contributed by atoms with Gasteiger partial charge in [-0.25, -0.2) is 4.39 Å². The van der Waals surface area contributed by atoms with E-state index in [1.54, 1.807) is 12.1 Å². The lowest BCUT2D eigenvalue weighted by molar-refractivity contribution is -0.133. The third-order valence-corrected chi connectivity index (χ3v) is 7.35. The van der Waals surface area contributed by atoms with Crippen LogP contribution in [0.1, 0.15) is 79.2 Å². The van der Waals surface area contributed by atoms with Crippen molar-refractivity contribution in [2.75, 3.05) is 13.1 Å². The van der Waals surface area contributed by atoms with Crippen molar-refractivity contribution in [2.24, 2.45) is 5.73 Å². The summed E-state index contributed by atoms with van der Waals surface area (Å²) in [5.74, 6) is -1.54. The predicted octanol–water partition coefficient (Wildman–Crippen LogP) is 3.82. The first-order valence-electron chi connectivity index (χ1n) is 13.1. The van der Waals surface area contributed by atoms with E-state index in [1.165, 1.54) is 34.1 Å². The van der Waals surface area contributed by atoms with Crippen LogP contribution in [0.2, 0.25) is 0 Å². The summed E-state index contributed by atoms with van der Waals surface area (Å²) in [6, 6.07) is 12.7. The largest absolute Gasteiger partial charge is 0.350 e.